The molecule has 1 heterocycles. The molecular formula is C14H16ClN3O. The number of aromatic nitrogens is 1. The molecule has 1 aromatic carbocycles. The molecule has 100 valence electrons. The minimum atomic E-state index is -0.0623. The van der Waals surface area contributed by atoms with Crippen molar-refractivity contribution in [3.63, 3.8) is 0 Å². The van der Waals surface area contributed by atoms with Gasteiger partial charge in [0.2, 0.25) is 0 Å². The number of halogens is 1. The zero-order valence-corrected chi connectivity index (χ0v) is 11.7. The Morgan fingerprint density at radius 2 is 2.21 bits per heavy atom. The second-order valence-corrected chi connectivity index (χ2v) is 4.96. The highest BCUT2D eigenvalue weighted by Gasteiger charge is 2.18. The summed E-state index contributed by atoms with van der Waals surface area (Å²) in [6, 6.07) is 7.04. The van der Waals surface area contributed by atoms with E-state index in [0.29, 0.717) is 22.6 Å². The maximum absolute atomic E-state index is 12.5. The monoisotopic (exact) mass is 277 g/mol. The Morgan fingerprint density at radius 1 is 1.47 bits per heavy atom. The van der Waals surface area contributed by atoms with Crippen molar-refractivity contribution >= 4 is 28.4 Å². The zero-order valence-electron chi connectivity index (χ0n) is 10.9. The first-order valence-corrected chi connectivity index (χ1v) is 6.44. The number of likely N-dealkylation sites (N-methyl/N-ethyl adjacent to an activating group) is 1. The van der Waals surface area contributed by atoms with Crippen molar-refractivity contribution in [2.24, 2.45) is 5.73 Å². The van der Waals surface area contributed by atoms with Gasteiger partial charge in [-0.15, -0.1) is 0 Å². The van der Waals surface area contributed by atoms with Gasteiger partial charge in [-0.25, -0.2) is 0 Å². The van der Waals surface area contributed by atoms with E-state index in [1.165, 1.54) is 0 Å². The topological polar surface area (TPSA) is 59.2 Å². The molecule has 5 heteroatoms. The molecule has 19 heavy (non-hydrogen) atoms. The summed E-state index contributed by atoms with van der Waals surface area (Å²) < 4.78 is 0. The van der Waals surface area contributed by atoms with Gasteiger partial charge in [0.1, 0.15) is 0 Å². The van der Waals surface area contributed by atoms with Gasteiger partial charge in [0.15, 0.2) is 0 Å². The molecule has 0 radical (unpaired) electrons. The standard InChI is InChI=1S/C14H16ClN3O/c1-9(8-16)18(2)14(19)12-5-6-17-13-7-10(15)3-4-11(12)13/h3-7,9H,8,16H2,1-2H3. The molecular weight excluding hydrogens is 262 g/mol. The Bertz CT molecular complexity index is 615. The Morgan fingerprint density at radius 3 is 2.89 bits per heavy atom. The van der Waals surface area contributed by atoms with Gasteiger partial charge in [-0.3, -0.25) is 9.78 Å². The first-order valence-electron chi connectivity index (χ1n) is 6.06. The summed E-state index contributed by atoms with van der Waals surface area (Å²) in [5, 5.41) is 1.40. The summed E-state index contributed by atoms with van der Waals surface area (Å²) in [4.78, 5) is 18.3. The first-order chi connectivity index (χ1) is 9.04. The predicted molar refractivity (Wildman–Crippen MR) is 77.4 cm³/mol. The first kappa shape index (κ1) is 13.8. The lowest BCUT2D eigenvalue weighted by atomic mass is 10.1. The number of benzene rings is 1. The molecule has 0 saturated carbocycles. The molecule has 1 amide bonds. The highest BCUT2D eigenvalue weighted by atomic mass is 35.5. The van der Waals surface area contributed by atoms with Crippen molar-refractivity contribution in [1.82, 2.24) is 9.88 Å². The van der Waals surface area contributed by atoms with Crippen molar-refractivity contribution in [2.45, 2.75) is 13.0 Å². The molecule has 2 rings (SSSR count). The highest BCUT2D eigenvalue weighted by molar-refractivity contribution is 6.31. The molecule has 0 aliphatic heterocycles. The molecule has 0 saturated heterocycles. The average molecular weight is 278 g/mol. The van der Waals surface area contributed by atoms with E-state index in [2.05, 4.69) is 4.98 Å². The second-order valence-electron chi connectivity index (χ2n) is 4.52. The van der Waals surface area contributed by atoms with Gasteiger partial charge in [-0.2, -0.15) is 0 Å². The zero-order chi connectivity index (χ0) is 14.0. The smallest absolute Gasteiger partial charge is 0.254 e. The van der Waals surface area contributed by atoms with E-state index in [4.69, 9.17) is 17.3 Å². The predicted octanol–water partition coefficient (Wildman–Crippen LogP) is 2.31. The number of hydrogen-bond acceptors (Lipinski definition) is 3. The van der Waals surface area contributed by atoms with Crippen molar-refractivity contribution in [2.75, 3.05) is 13.6 Å². The Labute approximate surface area is 117 Å². The van der Waals surface area contributed by atoms with Crippen LogP contribution in [0, 0.1) is 0 Å². The molecule has 0 aliphatic rings. The molecule has 0 bridgehead atoms. The minimum Gasteiger partial charge on any atom is -0.338 e. The molecule has 1 unspecified atom stereocenters. The molecule has 1 atom stereocenters. The van der Waals surface area contributed by atoms with Crippen LogP contribution < -0.4 is 5.73 Å². The number of carbonyl (C=O) groups excluding carboxylic acids is 1. The van der Waals surface area contributed by atoms with Crippen LogP contribution in [-0.4, -0.2) is 35.4 Å². The molecule has 1 aromatic heterocycles. The van der Waals surface area contributed by atoms with Crippen LogP contribution in [0.3, 0.4) is 0 Å². The highest BCUT2D eigenvalue weighted by Crippen LogP contribution is 2.22. The fourth-order valence-corrected chi connectivity index (χ4v) is 2.02. The molecule has 4 nitrogen and oxygen atoms in total. The van der Waals surface area contributed by atoms with Gasteiger partial charge in [-0.05, 0) is 25.1 Å². The van der Waals surface area contributed by atoms with Gasteiger partial charge in [0.25, 0.3) is 5.91 Å². The minimum absolute atomic E-state index is 0.0111. The van der Waals surface area contributed by atoms with Crippen molar-refractivity contribution in [1.29, 1.82) is 0 Å². The van der Waals surface area contributed by atoms with Crippen LogP contribution in [0.25, 0.3) is 10.9 Å². The number of carbonyl (C=O) groups is 1. The molecule has 2 N–H and O–H groups in total. The summed E-state index contributed by atoms with van der Waals surface area (Å²) in [5.74, 6) is -0.0623. The van der Waals surface area contributed by atoms with Crippen molar-refractivity contribution in [3.8, 4) is 0 Å². The van der Waals surface area contributed by atoms with Crippen LogP contribution >= 0.6 is 11.6 Å². The Balaban J connectivity index is 2.48. The number of amides is 1. The molecule has 0 aliphatic carbocycles. The van der Waals surface area contributed by atoms with E-state index in [1.54, 1.807) is 36.3 Å². The van der Waals surface area contributed by atoms with E-state index in [9.17, 15) is 4.79 Å². The normalized spacial score (nSPS) is 12.4. The van der Waals surface area contributed by atoms with Crippen LogP contribution in [0.1, 0.15) is 17.3 Å². The third kappa shape index (κ3) is 2.69. The van der Waals surface area contributed by atoms with Gasteiger partial charge in [0.05, 0.1) is 11.1 Å². The Hall–Kier alpha value is -1.65. The van der Waals surface area contributed by atoms with E-state index in [-0.39, 0.29) is 11.9 Å². The summed E-state index contributed by atoms with van der Waals surface area (Å²) in [6.07, 6.45) is 1.62. The lowest BCUT2D eigenvalue weighted by molar-refractivity contribution is 0.0750. The van der Waals surface area contributed by atoms with Crippen molar-refractivity contribution in [3.05, 3.63) is 41.0 Å². The Kier molecular flexibility index (Phi) is 4.02. The van der Waals surface area contributed by atoms with Crippen LogP contribution in [0.2, 0.25) is 5.02 Å². The van der Waals surface area contributed by atoms with Crippen LogP contribution in [0.4, 0.5) is 0 Å². The molecule has 2 aromatic rings. The van der Waals surface area contributed by atoms with E-state index >= 15 is 0 Å². The summed E-state index contributed by atoms with van der Waals surface area (Å²) in [7, 11) is 1.75. The number of nitrogens with two attached hydrogens (primary N) is 1. The fourth-order valence-electron chi connectivity index (χ4n) is 1.86. The summed E-state index contributed by atoms with van der Waals surface area (Å²) in [6.45, 7) is 2.34. The lowest BCUT2D eigenvalue weighted by Crippen LogP contribution is -2.39. The van der Waals surface area contributed by atoms with Crippen molar-refractivity contribution < 1.29 is 4.79 Å². The fraction of sp³-hybridized carbons (Fsp3) is 0.286. The van der Waals surface area contributed by atoms with Crippen LogP contribution in [0.5, 0.6) is 0 Å². The van der Waals surface area contributed by atoms with E-state index < -0.39 is 0 Å². The van der Waals surface area contributed by atoms with Gasteiger partial charge >= 0.3 is 0 Å². The quantitative estimate of drug-likeness (QED) is 0.936. The number of rotatable bonds is 3. The van der Waals surface area contributed by atoms with Gasteiger partial charge in [-0.1, -0.05) is 17.7 Å². The number of fused-ring (bicyclic) bond motifs is 1. The van der Waals surface area contributed by atoms with E-state index in [1.807, 2.05) is 13.0 Å². The van der Waals surface area contributed by atoms with Crippen LogP contribution in [-0.2, 0) is 0 Å². The second kappa shape index (κ2) is 5.55. The SMILES string of the molecule is CC(CN)N(C)C(=O)c1ccnc2cc(Cl)ccc12. The number of nitrogens with zero attached hydrogens (tertiary/aromatic N) is 2. The van der Waals surface area contributed by atoms with Crippen LogP contribution in [0.15, 0.2) is 30.5 Å². The van der Waals surface area contributed by atoms with E-state index in [0.717, 1.165) is 5.39 Å². The molecule has 0 spiro atoms. The number of hydrogen-bond donors (Lipinski definition) is 1. The lowest BCUT2D eigenvalue weighted by Gasteiger charge is -2.24. The summed E-state index contributed by atoms with van der Waals surface area (Å²) in [5.41, 5.74) is 6.93. The van der Waals surface area contributed by atoms with Gasteiger partial charge < -0.3 is 10.6 Å². The largest absolute Gasteiger partial charge is 0.338 e. The molecule has 0 fully saturated rings. The maximum Gasteiger partial charge on any atom is 0.254 e. The number of pyridine rings is 1. The summed E-state index contributed by atoms with van der Waals surface area (Å²) >= 11 is 5.93. The maximum atomic E-state index is 12.5. The third-order valence-electron chi connectivity index (χ3n) is 3.26. The average Bonchev–Trinajstić information content (AvgIpc) is 2.43. The third-order valence-corrected chi connectivity index (χ3v) is 3.49. The van der Waals surface area contributed by atoms with Gasteiger partial charge in [0, 0.05) is 36.2 Å².